The first-order valence-electron chi connectivity index (χ1n) is 9.79. The maximum atomic E-state index is 12.5. The summed E-state index contributed by atoms with van der Waals surface area (Å²) in [5.41, 5.74) is 2.40. The van der Waals surface area contributed by atoms with Crippen LogP contribution < -0.4 is 15.1 Å². The molecule has 0 aliphatic carbocycles. The van der Waals surface area contributed by atoms with Crippen LogP contribution in [-0.2, 0) is 19.1 Å². The summed E-state index contributed by atoms with van der Waals surface area (Å²) in [6, 6.07) is 9.16. The number of rotatable bonds is 6. The highest BCUT2D eigenvalue weighted by Crippen LogP contribution is 2.28. The third kappa shape index (κ3) is 4.94. The molecular weight excluding hydrogens is 410 g/mol. The largest absolute Gasteiger partial charge is 0.465 e. The summed E-state index contributed by atoms with van der Waals surface area (Å²) in [6.45, 7) is 1.90. The fourth-order valence-electron chi connectivity index (χ4n) is 3.04. The molecule has 3 rings (SSSR count). The Kier molecular flexibility index (Phi) is 6.89. The van der Waals surface area contributed by atoms with Crippen LogP contribution in [-0.4, -0.2) is 50.2 Å². The minimum atomic E-state index is -0.659. The number of allylic oxidation sites excluding steroid dienone is 2. The highest BCUT2D eigenvalue weighted by molar-refractivity contribution is 6.05. The lowest BCUT2D eigenvalue weighted by atomic mass is 10.1. The maximum absolute atomic E-state index is 12.5. The van der Waals surface area contributed by atoms with Gasteiger partial charge in [0.2, 0.25) is 5.95 Å². The molecule has 1 aromatic carbocycles. The van der Waals surface area contributed by atoms with Crippen LogP contribution in [0.2, 0.25) is 0 Å². The monoisotopic (exact) mass is 435 g/mol. The second-order valence-corrected chi connectivity index (χ2v) is 7.07. The fourth-order valence-corrected chi connectivity index (χ4v) is 3.04. The van der Waals surface area contributed by atoms with E-state index in [2.05, 4.69) is 15.3 Å². The summed E-state index contributed by atoms with van der Waals surface area (Å²) < 4.78 is 9.76. The van der Waals surface area contributed by atoms with Gasteiger partial charge in [-0.05, 0) is 43.3 Å². The van der Waals surface area contributed by atoms with Crippen molar-refractivity contribution >= 4 is 35.1 Å². The summed E-state index contributed by atoms with van der Waals surface area (Å²) in [6.07, 6.45) is 6.56. The van der Waals surface area contributed by atoms with Gasteiger partial charge in [0.15, 0.2) is 0 Å². The van der Waals surface area contributed by atoms with Crippen LogP contribution in [0.25, 0.3) is 0 Å². The van der Waals surface area contributed by atoms with Crippen molar-refractivity contribution < 1.29 is 19.1 Å². The van der Waals surface area contributed by atoms with Gasteiger partial charge in [-0.25, -0.2) is 14.6 Å². The Morgan fingerprint density at radius 3 is 2.31 bits per heavy atom. The Hall–Kier alpha value is -4.14. The first-order chi connectivity index (χ1) is 15.3. The molecule has 166 valence electrons. The van der Waals surface area contributed by atoms with Crippen LogP contribution in [0.5, 0.6) is 0 Å². The molecule has 0 saturated heterocycles. The first kappa shape index (κ1) is 22.5. The lowest BCUT2D eigenvalue weighted by Crippen LogP contribution is -2.26. The number of ether oxygens (including phenoxy) is 2. The Bertz CT molecular complexity index is 1100. The Morgan fingerprint density at radius 2 is 1.69 bits per heavy atom. The van der Waals surface area contributed by atoms with Gasteiger partial charge < -0.3 is 24.6 Å². The third-order valence-corrected chi connectivity index (χ3v) is 4.59. The van der Waals surface area contributed by atoms with E-state index in [0.29, 0.717) is 11.6 Å². The quantitative estimate of drug-likeness (QED) is 0.687. The van der Waals surface area contributed by atoms with Crippen LogP contribution in [0.3, 0.4) is 0 Å². The SMILES string of the molecule is COC(=O)C1=C(C(=O)OC)N(c2ccc(Nc3nc(C)cc(N(C)C)n3)cc2)C=CC=C1. The molecule has 0 fully saturated rings. The van der Waals surface area contributed by atoms with Gasteiger partial charge in [0.05, 0.1) is 19.8 Å². The van der Waals surface area contributed by atoms with Gasteiger partial charge in [-0.15, -0.1) is 0 Å². The van der Waals surface area contributed by atoms with E-state index in [9.17, 15) is 9.59 Å². The summed E-state index contributed by atoms with van der Waals surface area (Å²) >= 11 is 0. The molecule has 1 aliphatic rings. The van der Waals surface area contributed by atoms with Crippen molar-refractivity contribution in [3.8, 4) is 0 Å². The molecule has 0 amide bonds. The van der Waals surface area contributed by atoms with Crippen molar-refractivity contribution in [1.82, 2.24) is 9.97 Å². The van der Waals surface area contributed by atoms with Gasteiger partial charge >= 0.3 is 11.9 Å². The highest BCUT2D eigenvalue weighted by atomic mass is 16.5. The molecule has 0 atom stereocenters. The van der Waals surface area contributed by atoms with Crippen LogP contribution in [0.15, 0.2) is 66.0 Å². The number of nitrogens with zero attached hydrogens (tertiary/aromatic N) is 4. The lowest BCUT2D eigenvalue weighted by molar-refractivity contribution is -0.139. The number of aryl methyl sites for hydroxylation is 1. The van der Waals surface area contributed by atoms with Crippen molar-refractivity contribution in [3.05, 3.63) is 71.7 Å². The first-order valence-corrected chi connectivity index (χ1v) is 9.79. The van der Waals surface area contributed by atoms with Crippen molar-refractivity contribution in [3.63, 3.8) is 0 Å². The number of carbonyl (C=O) groups excluding carboxylic acids is 2. The van der Waals surface area contributed by atoms with Crippen molar-refractivity contribution in [2.24, 2.45) is 0 Å². The summed E-state index contributed by atoms with van der Waals surface area (Å²) in [4.78, 5) is 37.2. The normalized spacial score (nSPS) is 13.0. The minimum Gasteiger partial charge on any atom is -0.465 e. The number of nitrogens with one attached hydrogen (secondary N) is 1. The number of anilines is 4. The zero-order chi connectivity index (χ0) is 23.3. The predicted octanol–water partition coefficient (Wildman–Crippen LogP) is 3.08. The van der Waals surface area contributed by atoms with Gasteiger partial charge in [0.25, 0.3) is 0 Å². The molecule has 2 aromatic rings. The average Bonchev–Trinajstić information content (AvgIpc) is 3.01. The third-order valence-electron chi connectivity index (χ3n) is 4.59. The number of hydrogen-bond acceptors (Lipinski definition) is 9. The predicted molar refractivity (Wildman–Crippen MR) is 123 cm³/mol. The standard InChI is InChI=1S/C23H25N5O4/c1-15-14-19(27(2)3)26-23(24-15)25-16-9-11-17(12-10-16)28-13-7-6-8-18(21(29)31-4)20(28)22(30)32-5/h6-14H,1-5H3,(H,24,25,26). The number of hydrogen-bond donors (Lipinski definition) is 1. The zero-order valence-corrected chi connectivity index (χ0v) is 18.6. The topological polar surface area (TPSA) is 96.9 Å². The highest BCUT2D eigenvalue weighted by Gasteiger charge is 2.27. The smallest absolute Gasteiger partial charge is 0.355 e. The zero-order valence-electron chi connectivity index (χ0n) is 18.6. The van der Waals surface area contributed by atoms with Gasteiger partial charge in [-0.3, -0.25) is 0 Å². The number of esters is 2. The molecule has 32 heavy (non-hydrogen) atoms. The molecule has 1 N–H and O–H groups in total. The summed E-state index contributed by atoms with van der Waals surface area (Å²) in [5.74, 6) is -0.0273. The van der Waals surface area contributed by atoms with E-state index in [-0.39, 0.29) is 11.3 Å². The molecule has 0 radical (unpaired) electrons. The van der Waals surface area contributed by atoms with E-state index in [0.717, 1.165) is 17.2 Å². The van der Waals surface area contributed by atoms with Crippen molar-refractivity contribution in [1.29, 1.82) is 0 Å². The minimum absolute atomic E-state index is 0.0581. The van der Waals surface area contributed by atoms with Crippen LogP contribution in [0.1, 0.15) is 5.69 Å². The van der Waals surface area contributed by atoms with Gasteiger partial charge in [-0.2, -0.15) is 4.98 Å². The molecule has 1 aliphatic heterocycles. The Labute approximate surface area is 186 Å². The number of benzene rings is 1. The maximum Gasteiger partial charge on any atom is 0.355 e. The van der Waals surface area contributed by atoms with Gasteiger partial charge in [-0.1, -0.05) is 6.08 Å². The number of carbonyl (C=O) groups is 2. The van der Waals surface area contributed by atoms with E-state index in [1.807, 2.05) is 44.1 Å². The van der Waals surface area contributed by atoms with Crippen LogP contribution in [0.4, 0.5) is 23.1 Å². The summed E-state index contributed by atoms with van der Waals surface area (Å²) in [5, 5.41) is 3.19. The molecule has 1 aromatic heterocycles. The Balaban J connectivity index is 1.93. The van der Waals surface area contributed by atoms with E-state index >= 15 is 0 Å². The molecule has 2 heterocycles. The second-order valence-electron chi connectivity index (χ2n) is 7.07. The van der Waals surface area contributed by atoms with E-state index in [4.69, 9.17) is 9.47 Å². The molecule has 9 heteroatoms. The lowest BCUT2D eigenvalue weighted by Gasteiger charge is -2.23. The van der Waals surface area contributed by atoms with E-state index in [1.165, 1.54) is 20.3 Å². The molecule has 9 nitrogen and oxygen atoms in total. The van der Waals surface area contributed by atoms with E-state index < -0.39 is 11.9 Å². The second kappa shape index (κ2) is 9.78. The number of aromatic nitrogens is 2. The average molecular weight is 435 g/mol. The van der Waals surface area contributed by atoms with Crippen LogP contribution >= 0.6 is 0 Å². The molecule has 0 spiro atoms. The molecule has 0 unspecified atom stereocenters. The molecule has 0 bridgehead atoms. The van der Waals surface area contributed by atoms with Crippen molar-refractivity contribution in [2.45, 2.75) is 6.92 Å². The number of methoxy groups -OCH3 is 2. The fraction of sp³-hybridized carbons (Fsp3) is 0.217. The Morgan fingerprint density at radius 1 is 1.00 bits per heavy atom. The van der Waals surface area contributed by atoms with Crippen molar-refractivity contribution in [2.75, 3.05) is 43.4 Å². The molecule has 0 saturated carbocycles. The summed E-state index contributed by atoms with van der Waals surface area (Å²) in [7, 11) is 6.35. The molecular formula is C23H25N5O4. The van der Waals surface area contributed by atoms with E-state index in [1.54, 1.807) is 35.4 Å². The van der Waals surface area contributed by atoms with Gasteiger partial charge in [0.1, 0.15) is 11.5 Å². The van der Waals surface area contributed by atoms with Gasteiger partial charge in [0, 0.05) is 43.4 Å². The van der Waals surface area contributed by atoms with Crippen LogP contribution in [0, 0.1) is 6.92 Å².